The van der Waals surface area contributed by atoms with Crippen molar-refractivity contribution in [3.05, 3.63) is 71.8 Å². The Morgan fingerprint density at radius 1 is 0.815 bits per heavy atom. The molecule has 2 N–H and O–H groups in total. The maximum Gasteiger partial charge on any atom is 0.234 e. The van der Waals surface area contributed by atoms with Gasteiger partial charge in [0.05, 0.1) is 6.54 Å². The Bertz CT molecular complexity index is 726. The summed E-state index contributed by atoms with van der Waals surface area (Å²) in [5.74, 6) is 0.190. The molecule has 0 bridgehead atoms. The molecule has 2 aromatic rings. The van der Waals surface area contributed by atoms with Crippen molar-refractivity contribution in [3.8, 4) is 0 Å². The first-order valence-electron chi connectivity index (χ1n) is 9.55. The number of nitrogens with one attached hydrogen (secondary N) is 2. The van der Waals surface area contributed by atoms with Crippen molar-refractivity contribution in [1.29, 1.82) is 0 Å². The normalized spacial score (nSPS) is 15.3. The van der Waals surface area contributed by atoms with Crippen LogP contribution >= 0.6 is 0 Å². The summed E-state index contributed by atoms with van der Waals surface area (Å²) in [6.45, 7) is 3.08. The molecule has 0 spiro atoms. The van der Waals surface area contributed by atoms with E-state index in [0.717, 1.165) is 37.1 Å². The molecule has 5 heteroatoms. The maximum absolute atomic E-state index is 12.4. The van der Waals surface area contributed by atoms with Gasteiger partial charge >= 0.3 is 0 Å². The van der Waals surface area contributed by atoms with Crippen molar-refractivity contribution >= 4 is 11.8 Å². The van der Waals surface area contributed by atoms with Gasteiger partial charge in [0.25, 0.3) is 0 Å². The molecule has 5 nitrogen and oxygen atoms in total. The first-order chi connectivity index (χ1) is 13.2. The van der Waals surface area contributed by atoms with Crippen LogP contribution in [-0.4, -0.2) is 36.3 Å². The van der Waals surface area contributed by atoms with Crippen LogP contribution in [0.15, 0.2) is 60.7 Å². The molecule has 1 aliphatic rings. The lowest BCUT2D eigenvalue weighted by molar-refractivity contribution is -0.127. The zero-order chi connectivity index (χ0) is 18.9. The van der Waals surface area contributed by atoms with E-state index in [-0.39, 0.29) is 17.7 Å². The Morgan fingerprint density at radius 3 is 1.89 bits per heavy atom. The van der Waals surface area contributed by atoms with Gasteiger partial charge in [0.1, 0.15) is 0 Å². The van der Waals surface area contributed by atoms with Crippen molar-refractivity contribution in [3.63, 3.8) is 0 Å². The molecule has 142 valence electrons. The quantitative estimate of drug-likeness (QED) is 0.792. The fourth-order valence-corrected chi connectivity index (χ4v) is 3.34. The van der Waals surface area contributed by atoms with E-state index < -0.39 is 0 Å². The standard InChI is InChI=1S/C22H27N3O2/c26-21(23-15-18-7-3-1-4-8-18)17-25-13-11-20(12-14-25)22(27)24-16-19-9-5-2-6-10-19/h1-10,20H,11-17H2,(H,23,26)(H,24,27). The Kier molecular flexibility index (Phi) is 6.99. The van der Waals surface area contributed by atoms with Crippen molar-refractivity contribution in [2.45, 2.75) is 25.9 Å². The minimum Gasteiger partial charge on any atom is -0.352 e. The van der Waals surface area contributed by atoms with E-state index in [2.05, 4.69) is 15.5 Å². The average Bonchev–Trinajstić information content (AvgIpc) is 2.72. The zero-order valence-electron chi connectivity index (χ0n) is 15.6. The number of piperidine rings is 1. The highest BCUT2D eigenvalue weighted by molar-refractivity contribution is 5.79. The van der Waals surface area contributed by atoms with Crippen LogP contribution in [0.4, 0.5) is 0 Å². The molecule has 1 fully saturated rings. The van der Waals surface area contributed by atoms with E-state index in [4.69, 9.17) is 0 Å². The van der Waals surface area contributed by atoms with Crippen LogP contribution in [0, 0.1) is 5.92 Å². The Hall–Kier alpha value is -2.66. The van der Waals surface area contributed by atoms with Crippen molar-refractivity contribution in [1.82, 2.24) is 15.5 Å². The van der Waals surface area contributed by atoms with Gasteiger partial charge in [0.15, 0.2) is 0 Å². The molecule has 2 amide bonds. The Morgan fingerprint density at radius 2 is 1.33 bits per heavy atom. The molecule has 2 aromatic carbocycles. The van der Waals surface area contributed by atoms with Crippen LogP contribution in [0.3, 0.4) is 0 Å². The van der Waals surface area contributed by atoms with Gasteiger partial charge < -0.3 is 10.6 Å². The van der Waals surface area contributed by atoms with Gasteiger partial charge in [-0.2, -0.15) is 0 Å². The van der Waals surface area contributed by atoms with Crippen molar-refractivity contribution in [2.24, 2.45) is 5.92 Å². The van der Waals surface area contributed by atoms with Gasteiger partial charge in [-0.05, 0) is 37.1 Å². The van der Waals surface area contributed by atoms with Gasteiger partial charge in [-0.3, -0.25) is 14.5 Å². The van der Waals surface area contributed by atoms with Gasteiger partial charge in [0, 0.05) is 19.0 Å². The number of nitrogens with zero attached hydrogens (tertiary/aromatic N) is 1. The summed E-state index contributed by atoms with van der Waals surface area (Å²) in [4.78, 5) is 26.6. The number of likely N-dealkylation sites (tertiary alicyclic amines) is 1. The van der Waals surface area contributed by atoms with Gasteiger partial charge in [-0.15, -0.1) is 0 Å². The summed E-state index contributed by atoms with van der Waals surface area (Å²) in [6, 6.07) is 19.8. The number of benzene rings is 2. The Labute approximate surface area is 160 Å². The molecule has 0 aliphatic carbocycles. The molecule has 0 unspecified atom stereocenters. The molecule has 0 aromatic heterocycles. The molecule has 0 atom stereocenters. The number of carbonyl (C=O) groups excluding carboxylic acids is 2. The van der Waals surface area contributed by atoms with Crippen molar-refractivity contribution < 1.29 is 9.59 Å². The summed E-state index contributed by atoms with van der Waals surface area (Å²) in [5.41, 5.74) is 2.21. The summed E-state index contributed by atoms with van der Waals surface area (Å²) < 4.78 is 0. The molecular formula is C22H27N3O2. The number of hydrogen-bond acceptors (Lipinski definition) is 3. The highest BCUT2D eigenvalue weighted by atomic mass is 16.2. The lowest BCUT2D eigenvalue weighted by Crippen LogP contribution is -2.44. The predicted octanol–water partition coefficient (Wildman–Crippen LogP) is 2.33. The molecule has 27 heavy (non-hydrogen) atoms. The number of hydrogen-bond donors (Lipinski definition) is 2. The lowest BCUT2D eigenvalue weighted by atomic mass is 9.96. The van der Waals surface area contributed by atoms with Gasteiger partial charge in [-0.25, -0.2) is 0 Å². The van der Waals surface area contributed by atoms with Crippen LogP contribution in [0.5, 0.6) is 0 Å². The number of carbonyl (C=O) groups is 2. The van der Waals surface area contributed by atoms with Crippen LogP contribution in [0.1, 0.15) is 24.0 Å². The van der Waals surface area contributed by atoms with Gasteiger partial charge in [0.2, 0.25) is 11.8 Å². The molecular weight excluding hydrogens is 338 g/mol. The molecule has 3 rings (SSSR count). The third kappa shape index (κ3) is 6.22. The molecule has 0 saturated carbocycles. The maximum atomic E-state index is 12.4. The van der Waals surface area contributed by atoms with E-state index in [1.807, 2.05) is 60.7 Å². The molecule has 0 radical (unpaired) electrons. The monoisotopic (exact) mass is 365 g/mol. The van der Waals surface area contributed by atoms with E-state index in [9.17, 15) is 9.59 Å². The summed E-state index contributed by atoms with van der Waals surface area (Å²) >= 11 is 0. The zero-order valence-corrected chi connectivity index (χ0v) is 15.6. The first-order valence-corrected chi connectivity index (χ1v) is 9.55. The summed E-state index contributed by atoms with van der Waals surface area (Å²) in [6.07, 6.45) is 1.60. The molecule has 1 heterocycles. The lowest BCUT2D eigenvalue weighted by Gasteiger charge is -2.30. The second kappa shape index (κ2) is 9.88. The smallest absolute Gasteiger partial charge is 0.234 e. The topological polar surface area (TPSA) is 61.4 Å². The van der Waals surface area contributed by atoms with E-state index >= 15 is 0 Å². The van der Waals surface area contributed by atoms with E-state index in [1.165, 1.54) is 0 Å². The van der Waals surface area contributed by atoms with Crippen LogP contribution in [-0.2, 0) is 22.7 Å². The minimum atomic E-state index is 0.0332. The van der Waals surface area contributed by atoms with Crippen LogP contribution in [0.2, 0.25) is 0 Å². The predicted molar refractivity (Wildman–Crippen MR) is 106 cm³/mol. The molecule has 1 saturated heterocycles. The SMILES string of the molecule is O=C(CN1CCC(C(=O)NCc2ccccc2)CC1)NCc1ccccc1. The summed E-state index contributed by atoms with van der Waals surface area (Å²) in [7, 11) is 0. The summed E-state index contributed by atoms with van der Waals surface area (Å²) in [5, 5.41) is 5.98. The van der Waals surface area contributed by atoms with Gasteiger partial charge in [-0.1, -0.05) is 60.7 Å². The highest BCUT2D eigenvalue weighted by Crippen LogP contribution is 2.17. The largest absolute Gasteiger partial charge is 0.352 e. The Balaban J connectivity index is 1.34. The fourth-order valence-electron chi connectivity index (χ4n) is 3.34. The van der Waals surface area contributed by atoms with E-state index in [0.29, 0.717) is 19.6 Å². The third-order valence-electron chi connectivity index (χ3n) is 4.97. The molecule has 1 aliphatic heterocycles. The van der Waals surface area contributed by atoms with Crippen molar-refractivity contribution in [2.75, 3.05) is 19.6 Å². The minimum absolute atomic E-state index is 0.0332. The second-order valence-electron chi connectivity index (χ2n) is 7.02. The van der Waals surface area contributed by atoms with E-state index in [1.54, 1.807) is 0 Å². The average molecular weight is 365 g/mol. The first kappa shape index (κ1) is 19.1. The van der Waals surface area contributed by atoms with Crippen LogP contribution in [0.25, 0.3) is 0 Å². The van der Waals surface area contributed by atoms with Crippen LogP contribution < -0.4 is 10.6 Å². The fraction of sp³-hybridized carbons (Fsp3) is 0.364. The number of amides is 2. The number of rotatable bonds is 7. The highest BCUT2D eigenvalue weighted by Gasteiger charge is 2.25. The third-order valence-corrected chi connectivity index (χ3v) is 4.97. The second-order valence-corrected chi connectivity index (χ2v) is 7.02.